The first kappa shape index (κ1) is 20.4. The molecule has 9 heteroatoms. The predicted molar refractivity (Wildman–Crippen MR) is 89.3 cm³/mol. The zero-order valence-electron chi connectivity index (χ0n) is 12.0. The number of hydrogen-bond donors (Lipinski definition) is 1. The summed E-state index contributed by atoms with van der Waals surface area (Å²) in [6, 6.07) is 1.81. The van der Waals surface area contributed by atoms with Crippen molar-refractivity contribution in [2.45, 2.75) is 19.1 Å². The molecule has 1 heterocycles. The lowest BCUT2D eigenvalue weighted by atomic mass is 10.4. The van der Waals surface area contributed by atoms with Crippen molar-refractivity contribution in [3.63, 3.8) is 0 Å². The van der Waals surface area contributed by atoms with Crippen molar-refractivity contribution in [3.8, 4) is 0 Å². The summed E-state index contributed by atoms with van der Waals surface area (Å²) in [5, 5.41) is 3.31. The molecule has 21 heavy (non-hydrogen) atoms. The molecular weight excluding hydrogens is 420 g/mol. The van der Waals surface area contributed by atoms with Crippen molar-refractivity contribution in [2.24, 2.45) is 12.0 Å². The largest absolute Gasteiger partial charge is 0.390 e. The monoisotopic (exact) mass is 438 g/mol. The standard InChI is InChI=1S/C12H18ClF3N4.HI/c1-17-11(18-5-4-12(14,15)16)20(3)8-10-6-9(13)7-19(10)2;/h6-7H,4-5,8H2,1-3H3,(H,17,18);1H. The SMILES string of the molecule is CN=C(NCCC(F)(F)F)N(C)Cc1cc(Cl)cn1C.I. The minimum atomic E-state index is -4.17. The van der Waals surface area contributed by atoms with Crippen molar-refractivity contribution in [1.29, 1.82) is 0 Å². The Balaban J connectivity index is 0.00000400. The molecule has 0 atom stereocenters. The highest BCUT2D eigenvalue weighted by atomic mass is 127. The van der Waals surface area contributed by atoms with Crippen LogP contribution in [-0.4, -0.2) is 42.2 Å². The van der Waals surface area contributed by atoms with Crippen LogP contribution in [0.1, 0.15) is 12.1 Å². The van der Waals surface area contributed by atoms with E-state index in [4.69, 9.17) is 11.6 Å². The van der Waals surface area contributed by atoms with E-state index in [2.05, 4.69) is 10.3 Å². The highest BCUT2D eigenvalue weighted by molar-refractivity contribution is 14.0. The van der Waals surface area contributed by atoms with Crippen LogP contribution in [0.3, 0.4) is 0 Å². The minimum Gasteiger partial charge on any atom is -0.356 e. The van der Waals surface area contributed by atoms with Gasteiger partial charge in [-0.1, -0.05) is 11.6 Å². The molecule has 0 aliphatic heterocycles. The Bertz CT molecular complexity index is 474. The maximum Gasteiger partial charge on any atom is 0.390 e. The van der Waals surface area contributed by atoms with E-state index in [1.165, 1.54) is 7.05 Å². The summed E-state index contributed by atoms with van der Waals surface area (Å²) in [5.74, 6) is 0.409. The lowest BCUT2D eigenvalue weighted by molar-refractivity contribution is -0.132. The number of guanidine groups is 1. The van der Waals surface area contributed by atoms with Crippen molar-refractivity contribution in [1.82, 2.24) is 14.8 Å². The van der Waals surface area contributed by atoms with Gasteiger partial charge in [0, 0.05) is 39.6 Å². The number of nitrogens with one attached hydrogen (secondary N) is 1. The van der Waals surface area contributed by atoms with E-state index in [0.29, 0.717) is 17.5 Å². The van der Waals surface area contributed by atoms with Gasteiger partial charge in [0.15, 0.2) is 5.96 Å². The lowest BCUT2D eigenvalue weighted by Gasteiger charge is -2.22. The van der Waals surface area contributed by atoms with Crippen LogP contribution in [0.5, 0.6) is 0 Å². The number of rotatable bonds is 4. The Morgan fingerprint density at radius 3 is 2.52 bits per heavy atom. The Labute approximate surface area is 144 Å². The molecule has 0 unspecified atom stereocenters. The van der Waals surface area contributed by atoms with E-state index in [1.807, 2.05) is 11.6 Å². The summed E-state index contributed by atoms with van der Waals surface area (Å²) in [5.41, 5.74) is 0.941. The van der Waals surface area contributed by atoms with Crippen LogP contribution in [-0.2, 0) is 13.6 Å². The van der Waals surface area contributed by atoms with Gasteiger partial charge >= 0.3 is 6.18 Å². The normalized spacial score (nSPS) is 12.0. The van der Waals surface area contributed by atoms with Crippen LogP contribution >= 0.6 is 35.6 Å². The van der Waals surface area contributed by atoms with Gasteiger partial charge < -0.3 is 14.8 Å². The molecule has 0 aromatic carbocycles. The molecule has 122 valence electrons. The Morgan fingerprint density at radius 2 is 2.10 bits per heavy atom. The Morgan fingerprint density at radius 1 is 1.48 bits per heavy atom. The van der Waals surface area contributed by atoms with E-state index < -0.39 is 12.6 Å². The van der Waals surface area contributed by atoms with Crippen LogP contribution in [0.4, 0.5) is 13.2 Å². The summed E-state index contributed by atoms with van der Waals surface area (Å²) in [6.07, 6.45) is -3.30. The Kier molecular flexibility index (Phi) is 8.45. The minimum absolute atomic E-state index is 0. The molecule has 1 N–H and O–H groups in total. The van der Waals surface area contributed by atoms with Crippen LogP contribution in [0.2, 0.25) is 5.02 Å². The average molecular weight is 439 g/mol. The van der Waals surface area contributed by atoms with Crippen molar-refractivity contribution >= 4 is 41.5 Å². The zero-order chi connectivity index (χ0) is 15.3. The summed E-state index contributed by atoms with van der Waals surface area (Å²) in [7, 11) is 5.14. The molecule has 0 amide bonds. The first-order chi connectivity index (χ1) is 9.23. The van der Waals surface area contributed by atoms with Gasteiger partial charge in [-0.3, -0.25) is 4.99 Å². The number of aryl methyl sites for hydroxylation is 1. The number of alkyl halides is 3. The zero-order valence-corrected chi connectivity index (χ0v) is 15.1. The van der Waals surface area contributed by atoms with Gasteiger partial charge in [0.05, 0.1) is 18.0 Å². The molecule has 0 bridgehead atoms. The second-order valence-electron chi connectivity index (χ2n) is 4.46. The molecule has 0 aliphatic carbocycles. The highest BCUT2D eigenvalue weighted by Crippen LogP contribution is 2.18. The second kappa shape index (κ2) is 8.72. The summed E-state index contributed by atoms with van der Waals surface area (Å²) in [6.45, 7) is 0.295. The number of aromatic nitrogens is 1. The molecule has 0 fully saturated rings. The van der Waals surface area contributed by atoms with Gasteiger partial charge in [-0.25, -0.2) is 0 Å². The van der Waals surface area contributed by atoms with E-state index in [1.54, 1.807) is 24.2 Å². The van der Waals surface area contributed by atoms with Gasteiger partial charge in [-0.2, -0.15) is 13.2 Å². The fourth-order valence-corrected chi connectivity index (χ4v) is 2.01. The third-order valence-electron chi connectivity index (χ3n) is 2.74. The lowest BCUT2D eigenvalue weighted by Crippen LogP contribution is -2.40. The first-order valence-electron chi connectivity index (χ1n) is 6.02. The van der Waals surface area contributed by atoms with Crippen molar-refractivity contribution in [3.05, 3.63) is 23.0 Å². The first-order valence-corrected chi connectivity index (χ1v) is 6.40. The molecule has 0 saturated carbocycles. The summed E-state index contributed by atoms with van der Waals surface area (Å²) in [4.78, 5) is 5.70. The number of aliphatic imine (C=N–C) groups is 1. The molecule has 0 radical (unpaired) electrons. The second-order valence-corrected chi connectivity index (χ2v) is 4.89. The van der Waals surface area contributed by atoms with Gasteiger partial charge in [0.2, 0.25) is 0 Å². The summed E-state index contributed by atoms with van der Waals surface area (Å²) >= 11 is 5.89. The number of nitrogens with zero attached hydrogens (tertiary/aromatic N) is 3. The van der Waals surface area contributed by atoms with E-state index in [-0.39, 0.29) is 30.5 Å². The quantitative estimate of drug-likeness (QED) is 0.445. The molecular formula is C12H19ClF3IN4. The smallest absolute Gasteiger partial charge is 0.356 e. The van der Waals surface area contributed by atoms with Crippen molar-refractivity contribution in [2.75, 3.05) is 20.6 Å². The maximum atomic E-state index is 12.1. The predicted octanol–water partition coefficient (Wildman–Crippen LogP) is 3.26. The molecule has 1 aromatic rings. The van der Waals surface area contributed by atoms with Crippen LogP contribution < -0.4 is 5.32 Å². The molecule has 0 spiro atoms. The fourth-order valence-electron chi connectivity index (χ4n) is 1.74. The van der Waals surface area contributed by atoms with Crippen molar-refractivity contribution < 1.29 is 13.2 Å². The average Bonchev–Trinajstić information content (AvgIpc) is 2.62. The van der Waals surface area contributed by atoms with Gasteiger partial charge in [0.25, 0.3) is 0 Å². The highest BCUT2D eigenvalue weighted by Gasteiger charge is 2.26. The van der Waals surface area contributed by atoms with Gasteiger partial charge in [0.1, 0.15) is 0 Å². The van der Waals surface area contributed by atoms with E-state index in [0.717, 1.165) is 5.69 Å². The Hall–Kier alpha value is -0.640. The number of hydrogen-bond acceptors (Lipinski definition) is 1. The van der Waals surface area contributed by atoms with Crippen LogP contribution in [0, 0.1) is 0 Å². The molecule has 1 aromatic heterocycles. The van der Waals surface area contributed by atoms with Crippen LogP contribution in [0.25, 0.3) is 0 Å². The van der Waals surface area contributed by atoms with Crippen LogP contribution in [0.15, 0.2) is 17.3 Å². The molecule has 1 rings (SSSR count). The molecule has 0 saturated heterocycles. The van der Waals surface area contributed by atoms with E-state index in [9.17, 15) is 13.2 Å². The third-order valence-corrected chi connectivity index (χ3v) is 2.95. The van der Waals surface area contributed by atoms with Gasteiger partial charge in [-0.15, -0.1) is 24.0 Å². The topological polar surface area (TPSA) is 32.6 Å². The molecule has 0 aliphatic rings. The summed E-state index contributed by atoms with van der Waals surface area (Å²) < 4.78 is 38.2. The third kappa shape index (κ3) is 7.25. The fraction of sp³-hybridized carbons (Fsp3) is 0.583. The maximum absolute atomic E-state index is 12.1. The van der Waals surface area contributed by atoms with Gasteiger partial charge in [-0.05, 0) is 6.07 Å². The van der Waals surface area contributed by atoms with E-state index >= 15 is 0 Å². The number of halogens is 5. The molecule has 4 nitrogen and oxygen atoms in total.